The standard InChI is InChI=1S/C22H25ClN2O3S/c1-24(20-10-6-8-16-7-2-3-9-18(16)20)22(26)17-11-12-19(23)21(15-17)29(27,28)25-13-4-5-14-25/h2-3,7,9,11-12,15,20H,4-6,8,10,13-14H2,1H3/t20-/m0/s1. The Labute approximate surface area is 177 Å². The molecule has 5 nitrogen and oxygen atoms in total. The van der Waals surface area contributed by atoms with E-state index in [2.05, 4.69) is 12.1 Å². The zero-order valence-corrected chi connectivity index (χ0v) is 18.0. The Balaban J connectivity index is 1.65. The van der Waals surface area contributed by atoms with E-state index >= 15 is 0 Å². The fraction of sp³-hybridized carbons (Fsp3) is 0.409. The molecule has 1 saturated heterocycles. The minimum atomic E-state index is -3.69. The van der Waals surface area contributed by atoms with Crippen LogP contribution in [0.4, 0.5) is 0 Å². The zero-order chi connectivity index (χ0) is 20.6. The highest BCUT2D eigenvalue weighted by Crippen LogP contribution is 2.35. The second kappa shape index (κ2) is 8.09. The maximum Gasteiger partial charge on any atom is 0.254 e. The summed E-state index contributed by atoms with van der Waals surface area (Å²) in [6, 6.07) is 12.8. The van der Waals surface area contributed by atoms with Crippen molar-refractivity contribution in [3.05, 3.63) is 64.2 Å². The van der Waals surface area contributed by atoms with Gasteiger partial charge in [0.2, 0.25) is 10.0 Å². The molecule has 1 aliphatic carbocycles. The zero-order valence-electron chi connectivity index (χ0n) is 16.5. The fourth-order valence-electron chi connectivity index (χ4n) is 4.38. The molecular weight excluding hydrogens is 408 g/mol. The van der Waals surface area contributed by atoms with Gasteiger partial charge < -0.3 is 4.90 Å². The molecule has 1 atom stereocenters. The molecule has 154 valence electrons. The highest BCUT2D eigenvalue weighted by Gasteiger charge is 2.31. The Morgan fingerprint density at radius 3 is 2.59 bits per heavy atom. The SMILES string of the molecule is CN(C(=O)c1ccc(Cl)c(S(=O)(=O)N2CCCC2)c1)[C@H]1CCCc2ccccc21. The van der Waals surface area contributed by atoms with E-state index in [-0.39, 0.29) is 21.9 Å². The highest BCUT2D eigenvalue weighted by molar-refractivity contribution is 7.89. The Morgan fingerprint density at radius 2 is 1.83 bits per heavy atom. The van der Waals surface area contributed by atoms with Crippen molar-refractivity contribution >= 4 is 27.5 Å². The largest absolute Gasteiger partial charge is 0.335 e. The van der Waals surface area contributed by atoms with E-state index in [1.54, 1.807) is 18.0 Å². The van der Waals surface area contributed by atoms with Gasteiger partial charge in [-0.05, 0) is 61.4 Å². The second-order valence-corrected chi connectivity index (χ2v) is 10.1. The lowest BCUT2D eigenvalue weighted by molar-refractivity contribution is 0.0715. The predicted molar refractivity (Wildman–Crippen MR) is 114 cm³/mol. The molecule has 2 aromatic rings. The topological polar surface area (TPSA) is 57.7 Å². The van der Waals surface area contributed by atoms with Gasteiger partial charge in [0.15, 0.2) is 0 Å². The summed E-state index contributed by atoms with van der Waals surface area (Å²) in [5.41, 5.74) is 2.79. The molecule has 0 saturated carbocycles. The first-order valence-corrected chi connectivity index (χ1v) is 11.9. The van der Waals surface area contributed by atoms with Crippen LogP contribution in [0.25, 0.3) is 0 Å². The Kier molecular flexibility index (Phi) is 5.69. The normalized spacial score (nSPS) is 19.7. The molecule has 4 rings (SSSR count). The molecule has 7 heteroatoms. The summed E-state index contributed by atoms with van der Waals surface area (Å²) < 4.78 is 27.4. The maximum atomic E-state index is 13.2. The summed E-state index contributed by atoms with van der Waals surface area (Å²) in [7, 11) is -1.90. The number of rotatable bonds is 4. The molecule has 2 aromatic carbocycles. The molecule has 1 aliphatic heterocycles. The van der Waals surface area contributed by atoms with Crippen molar-refractivity contribution in [3.8, 4) is 0 Å². The summed E-state index contributed by atoms with van der Waals surface area (Å²) in [4.78, 5) is 15.0. The summed E-state index contributed by atoms with van der Waals surface area (Å²) in [6.07, 6.45) is 4.63. The first-order chi connectivity index (χ1) is 13.9. The van der Waals surface area contributed by atoms with Crippen LogP contribution in [0, 0.1) is 0 Å². The van der Waals surface area contributed by atoms with Gasteiger partial charge in [0, 0.05) is 25.7 Å². The van der Waals surface area contributed by atoms with Crippen LogP contribution in [0.2, 0.25) is 5.02 Å². The number of hydrogen-bond acceptors (Lipinski definition) is 3. The van der Waals surface area contributed by atoms with Gasteiger partial charge in [-0.3, -0.25) is 4.79 Å². The number of nitrogens with zero attached hydrogens (tertiary/aromatic N) is 2. The molecule has 2 aliphatic rings. The average Bonchev–Trinajstić information content (AvgIpc) is 3.28. The van der Waals surface area contributed by atoms with Crippen LogP contribution in [0.5, 0.6) is 0 Å². The molecule has 0 spiro atoms. The number of halogens is 1. The van der Waals surface area contributed by atoms with E-state index in [4.69, 9.17) is 11.6 Å². The van der Waals surface area contributed by atoms with Gasteiger partial charge in [0.25, 0.3) is 5.91 Å². The van der Waals surface area contributed by atoms with E-state index in [0.29, 0.717) is 18.7 Å². The van der Waals surface area contributed by atoms with Gasteiger partial charge in [-0.2, -0.15) is 4.31 Å². The van der Waals surface area contributed by atoms with E-state index in [1.807, 2.05) is 12.1 Å². The number of amides is 1. The molecule has 0 bridgehead atoms. The van der Waals surface area contributed by atoms with E-state index in [0.717, 1.165) is 32.1 Å². The quantitative estimate of drug-likeness (QED) is 0.724. The lowest BCUT2D eigenvalue weighted by Gasteiger charge is -2.33. The number of benzene rings is 2. The van der Waals surface area contributed by atoms with Gasteiger partial charge in [-0.15, -0.1) is 0 Å². The third kappa shape index (κ3) is 3.81. The van der Waals surface area contributed by atoms with Crippen molar-refractivity contribution in [1.82, 2.24) is 9.21 Å². The van der Waals surface area contributed by atoms with E-state index in [1.165, 1.54) is 27.6 Å². The van der Waals surface area contributed by atoms with E-state index in [9.17, 15) is 13.2 Å². The monoisotopic (exact) mass is 432 g/mol. The summed E-state index contributed by atoms with van der Waals surface area (Å²) in [5.74, 6) is -0.193. The number of hydrogen-bond donors (Lipinski definition) is 0. The first kappa shape index (κ1) is 20.4. The summed E-state index contributed by atoms with van der Waals surface area (Å²) >= 11 is 6.23. The molecule has 1 heterocycles. The Morgan fingerprint density at radius 1 is 1.10 bits per heavy atom. The molecular formula is C22H25ClN2O3S. The van der Waals surface area contributed by atoms with Crippen LogP contribution in [0.1, 0.15) is 53.2 Å². The lowest BCUT2D eigenvalue weighted by Crippen LogP contribution is -2.33. The van der Waals surface area contributed by atoms with Gasteiger partial charge in [-0.1, -0.05) is 35.9 Å². The highest BCUT2D eigenvalue weighted by atomic mass is 35.5. The average molecular weight is 433 g/mol. The third-order valence-electron chi connectivity index (χ3n) is 5.99. The molecule has 1 amide bonds. The minimum absolute atomic E-state index is 0.0123. The van der Waals surface area contributed by atoms with E-state index < -0.39 is 10.0 Å². The third-order valence-corrected chi connectivity index (χ3v) is 8.37. The number of carbonyl (C=O) groups is 1. The number of fused-ring (bicyclic) bond motifs is 1. The number of sulfonamides is 1. The van der Waals surface area contributed by atoms with Crippen molar-refractivity contribution in [3.63, 3.8) is 0 Å². The molecule has 0 aromatic heterocycles. The smallest absolute Gasteiger partial charge is 0.254 e. The summed E-state index contributed by atoms with van der Waals surface area (Å²) in [5, 5.41) is 0.152. The van der Waals surface area contributed by atoms with Crippen LogP contribution >= 0.6 is 11.6 Å². The van der Waals surface area contributed by atoms with Gasteiger partial charge in [0.1, 0.15) is 4.90 Å². The van der Waals surface area contributed by atoms with Gasteiger partial charge in [-0.25, -0.2) is 8.42 Å². The van der Waals surface area contributed by atoms with Crippen molar-refractivity contribution < 1.29 is 13.2 Å². The van der Waals surface area contributed by atoms with Gasteiger partial charge in [0.05, 0.1) is 11.1 Å². The summed E-state index contributed by atoms with van der Waals surface area (Å²) in [6.45, 7) is 0.991. The van der Waals surface area contributed by atoms with Crippen LogP contribution < -0.4 is 0 Å². The van der Waals surface area contributed by atoms with Crippen LogP contribution in [0.3, 0.4) is 0 Å². The van der Waals surface area contributed by atoms with Gasteiger partial charge >= 0.3 is 0 Å². The fourth-order valence-corrected chi connectivity index (χ4v) is 6.39. The maximum absolute atomic E-state index is 13.2. The van der Waals surface area contributed by atoms with Crippen molar-refractivity contribution in [2.45, 2.75) is 43.0 Å². The van der Waals surface area contributed by atoms with Crippen LogP contribution in [-0.4, -0.2) is 43.7 Å². The Bertz CT molecular complexity index is 1030. The minimum Gasteiger partial charge on any atom is -0.335 e. The molecule has 0 radical (unpaired) electrons. The van der Waals surface area contributed by atoms with Crippen molar-refractivity contribution in [2.24, 2.45) is 0 Å². The predicted octanol–water partition coefficient (Wildman–Crippen LogP) is 4.27. The van der Waals surface area contributed by atoms with Crippen LogP contribution in [0.15, 0.2) is 47.4 Å². The number of carbonyl (C=O) groups excluding carboxylic acids is 1. The first-order valence-electron chi connectivity index (χ1n) is 10.0. The number of aryl methyl sites for hydroxylation is 1. The molecule has 0 unspecified atom stereocenters. The second-order valence-electron chi connectivity index (χ2n) is 7.78. The molecule has 29 heavy (non-hydrogen) atoms. The molecule has 1 fully saturated rings. The lowest BCUT2D eigenvalue weighted by atomic mass is 9.87. The van der Waals surface area contributed by atoms with Crippen molar-refractivity contribution in [1.29, 1.82) is 0 Å². The van der Waals surface area contributed by atoms with Crippen LogP contribution in [-0.2, 0) is 16.4 Å². The van der Waals surface area contributed by atoms with Crippen molar-refractivity contribution in [2.75, 3.05) is 20.1 Å². The Hall–Kier alpha value is -1.89. The molecule has 0 N–H and O–H groups in total.